The first-order valence-electron chi connectivity index (χ1n) is 10.8. The first-order chi connectivity index (χ1) is 16.1. The van der Waals surface area contributed by atoms with Gasteiger partial charge in [-0.3, -0.25) is 38.8 Å². The lowest BCUT2D eigenvalue weighted by atomic mass is 10.1. The van der Waals surface area contributed by atoms with E-state index in [1.165, 1.54) is 0 Å². The van der Waals surface area contributed by atoms with Crippen molar-refractivity contribution in [3.05, 3.63) is 0 Å². The van der Waals surface area contributed by atoms with Gasteiger partial charge in [-0.2, -0.15) is 0 Å². The zero-order valence-electron chi connectivity index (χ0n) is 19.4. The summed E-state index contributed by atoms with van der Waals surface area (Å²) in [5.74, 6) is -4.16. The van der Waals surface area contributed by atoms with Crippen LogP contribution in [0.1, 0.15) is 12.8 Å². The van der Waals surface area contributed by atoms with Gasteiger partial charge in [0.05, 0.1) is 25.7 Å². The van der Waals surface area contributed by atoms with Gasteiger partial charge < -0.3 is 30.3 Å². The highest BCUT2D eigenvalue weighted by Crippen LogP contribution is 2.08. The first-order valence-corrected chi connectivity index (χ1v) is 10.8. The maximum atomic E-state index is 11.6. The molecule has 0 saturated carbocycles. The lowest BCUT2D eigenvalue weighted by Gasteiger charge is -2.35. The standard InChI is InChI=1S/C19H32N4O9.CH4O/c24-14-15(1-2-16(25)26)23-9-7-21(12-18(29)30)5-3-20(11-17(27)28)4-6-22(8-10-23)13-19(31)32;1-2/h14-15H,1-13H2,(H,25,26)(H,27,28)(H,29,30)(H,31,32);2H,1H3. The van der Waals surface area contributed by atoms with Gasteiger partial charge in [0.15, 0.2) is 0 Å². The number of carboxylic acid groups (broad SMARTS) is 4. The monoisotopic (exact) mass is 492 g/mol. The molecule has 0 amide bonds. The summed E-state index contributed by atoms with van der Waals surface area (Å²) < 4.78 is 0. The van der Waals surface area contributed by atoms with Gasteiger partial charge in [0.2, 0.25) is 0 Å². The van der Waals surface area contributed by atoms with Crippen LogP contribution in [0.3, 0.4) is 0 Å². The van der Waals surface area contributed by atoms with Crippen molar-refractivity contribution in [2.45, 2.75) is 18.9 Å². The van der Waals surface area contributed by atoms with Crippen LogP contribution in [0, 0.1) is 0 Å². The van der Waals surface area contributed by atoms with Crippen LogP contribution < -0.4 is 0 Å². The third-order valence-corrected chi connectivity index (χ3v) is 5.23. The molecule has 0 aliphatic carbocycles. The number of aldehydes is 1. The molecule has 1 aliphatic rings. The highest BCUT2D eigenvalue weighted by Gasteiger charge is 2.24. The summed E-state index contributed by atoms with van der Waals surface area (Å²) in [6.07, 6.45) is 0.539. The van der Waals surface area contributed by atoms with Crippen molar-refractivity contribution in [3.63, 3.8) is 0 Å². The van der Waals surface area contributed by atoms with Crippen LogP contribution in [0.5, 0.6) is 0 Å². The summed E-state index contributed by atoms with van der Waals surface area (Å²) in [4.78, 5) is 62.9. The number of carbonyl (C=O) groups is 5. The van der Waals surface area contributed by atoms with Crippen LogP contribution in [0.15, 0.2) is 0 Å². The largest absolute Gasteiger partial charge is 0.481 e. The van der Waals surface area contributed by atoms with E-state index in [4.69, 9.17) is 15.3 Å². The average molecular weight is 493 g/mol. The maximum absolute atomic E-state index is 11.6. The van der Waals surface area contributed by atoms with Crippen LogP contribution in [-0.4, -0.2) is 160 Å². The summed E-state index contributed by atoms with van der Waals surface area (Å²) in [5.41, 5.74) is 0. The number of aliphatic carboxylic acids is 4. The van der Waals surface area contributed by atoms with E-state index in [0.717, 1.165) is 7.11 Å². The molecule has 0 aromatic heterocycles. The number of aliphatic hydroxyl groups is 1. The third kappa shape index (κ3) is 14.5. The van der Waals surface area contributed by atoms with Crippen LogP contribution in [0.2, 0.25) is 0 Å². The third-order valence-electron chi connectivity index (χ3n) is 5.23. The molecule has 0 bridgehead atoms. The molecule has 14 heteroatoms. The molecular weight excluding hydrogens is 456 g/mol. The van der Waals surface area contributed by atoms with Crippen molar-refractivity contribution in [2.75, 3.05) is 79.1 Å². The highest BCUT2D eigenvalue weighted by molar-refractivity contribution is 5.70. The van der Waals surface area contributed by atoms with Crippen LogP contribution in [-0.2, 0) is 24.0 Å². The van der Waals surface area contributed by atoms with Gasteiger partial charge in [0.25, 0.3) is 0 Å². The number of carboxylic acids is 4. The van der Waals surface area contributed by atoms with Crippen molar-refractivity contribution in [3.8, 4) is 0 Å². The average Bonchev–Trinajstić information content (AvgIpc) is 2.75. The Bertz CT molecular complexity index is 631. The summed E-state index contributed by atoms with van der Waals surface area (Å²) in [6.45, 7) is 1.39. The van der Waals surface area contributed by atoms with Crippen molar-refractivity contribution < 1.29 is 49.5 Å². The summed E-state index contributed by atoms with van der Waals surface area (Å²) in [6, 6.07) is -0.698. The van der Waals surface area contributed by atoms with Gasteiger partial charge in [0, 0.05) is 65.9 Å². The second-order valence-electron chi connectivity index (χ2n) is 7.68. The van der Waals surface area contributed by atoms with Crippen LogP contribution in [0.25, 0.3) is 0 Å². The molecule has 0 aromatic carbocycles. The molecule has 1 unspecified atom stereocenters. The lowest BCUT2D eigenvalue weighted by molar-refractivity contribution is -0.140. The van der Waals surface area contributed by atoms with Gasteiger partial charge >= 0.3 is 23.9 Å². The van der Waals surface area contributed by atoms with Crippen molar-refractivity contribution in [1.29, 1.82) is 0 Å². The highest BCUT2D eigenvalue weighted by atomic mass is 16.4. The molecule has 0 spiro atoms. The van der Waals surface area contributed by atoms with Crippen molar-refractivity contribution in [2.24, 2.45) is 0 Å². The normalized spacial score (nSPS) is 18.4. The number of aliphatic hydroxyl groups excluding tert-OH is 1. The molecule has 1 saturated heterocycles. The summed E-state index contributed by atoms with van der Waals surface area (Å²) in [5, 5.41) is 43.5. The topological polar surface area (TPSA) is 199 Å². The molecule has 0 aromatic rings. The van der Waals surface area contributed by atoms with E-state index >= 15 is 0 Å². The Hall–Kier alpha value is -2.65. The van der Waals surface area contributed by atoms with Gasteiger partial charge in [-0.25, -0.2) is 0 Å². The second kappa shape index (κ2) is 17.8. The van der Waals surface area contributed by atoms with E-state index in [-0.39, 0.29) is 84.8 Å². The zero-order valence-corrected chi connectivity index (χ0v) is 19.4. The molecule has 1 rings (SSSR count). The number of carbonyl (C=O) groups excluding carboxylic acids is 1. The van der Waals surface area contributed by atoms with E-state index in [1.54, 1.807) is 19.6 Å². The Morgan fingerprint density at radius 1 is 0.647 bits per heavy atom. The van der Waals surface area contributed by atoms with Gasteiger partial charge in [-0.05, 0) is 6.42 Å². The molecule has 1 atom stereocenters. The lowest BCUT2D eigenvalue weighted by Crippen LogP contribution is -2.50. The maximum Gasteiger partial charge on any atom is 0.317 e. The minimum Gasteiger partial charge on any atom is -0.481 e. The number of hydrogen-bond acceptors (Lipinski definition) is 10. The molecule has 5 N–H and O–H groups in total. The summed E-state index contributed by atoms with van der Waals surface area (Å²) >= 11 is 0. The van der Waals surface area contributed by atoms with Crippen molar-refractivity contribution in [1.82, 2.24) is 19.6 Å². The van der Waals surface area contributed by atoms with E-state index in [9.17, 15) is 34.2 Å². The Labute approximate surface area is 197 Å². The quantitative estimate of drug-likeness (QED) is 0.190. The Kier molecular flexibility index (Phi) is 16.4. The fourth-order valence-corrected chi connectivity index (χ4v) is 3.54. The first kappa shape index (κ1) is 31.4. The van der Waals surface area contributed by atoms with E-state index in [0.29, 0.717) is 6.29 Å². The molecule has 1 fully saturated rings. The zero-order chi connectivity index (χ0) is 26.1. The molecule has 34 heavy (non-hydrogen) atoms. The second-order valence-corrected chi connectivity index (χ2v) is 7.68. The van der Waals surface area contributed by atoms with E-state index < -0.39 is 29.9 Å². The smallest absolute Gasteiger partial charge is 0.317 e. The SMILES string of the molecule is CO.O=CC(CCC(=O)O)N1CCN(CC(=O)O)CCN(CC(=O)O)CCN(CC(=O)O)CC1. The molecule has 0 radical (unpaired) electrons. The predicted molar refractivity (Wildman–Crippen MR) is 119 cm³/mol. The number of hydrogen-bond donors (Lipinski definition) is 5. The Morgan fingerprint density at radius 3 is 1.24 bits per heavy atom. The van der Waals surface area contributed by atoms with E-state index in [1.807, 2.05) is 0 Å². The summed E-state index contributed by atoms with van der Waals surface area (Å²) in [7, 11) is 1.00. The fourth-order valence-electron chi connectivity index (χ4n) is 3.54. The van der Waals surface area contributed by atoms with Gasteiger partial charge in [-0.15, -0.1) is 0 Å². The number of nitrogens with zero attached hydrogens (tertiary/aromatic N) is 4. The Balaban J connectivity index is 0.00000529. The molecule has 1 aliphatic heterocycles. The van der Waals surface area contributed by atoms with Gasteiger partial charge in [0.1, 0.15) is 6.29 Å². The van der Waals surface area contributed by atoms with Crippen molar-refractivity contribution >= 4 is 30.2 Å². The minimum absolute atomic E-state index is 0.0864. The van der Waals surface area contributed by atoms with Gasteiger partial charge in [-0.1, -0.05) is 0 Å². The van der Waals surface area contributed by atoms with E-state index in [2.05, 4.69) is 0 Å². The molecule has 14 nitrogen and oxygen atoms in total. The number of rotatable bonds is 11. The predicted octanol–water partition coefficient (Wildman–Crippen LogP) is -2.50. The van der Waals surface area contributed by atoms with Crippen LogP contribution in [0.4, 0.5) is 0 Å². The molecule has 196 valence electrons. The Morgan fingerprint density at radius 2 is 0.971 bits per heavy atom. The molecular formula is C20H36N4O10. The fraction of sp³-hybridized carbons (Fsp3) is 0.750. The minimum atomic E-state index is -1.04. The van der Waals surface area contributed by atoms with Crippen LogP contribution >= 0.6 is 0 Å². The molecule has 1 heterocycles.